The highest BCUT2D eigenvalue weighted by Gasteiger charge is 2.35. The average Bonchev–Trinajstić information content (AvgIpc) is 2.95. The van der Waals surface area contributed by atoms with Crippen molar-refractivity contribution < 1.29 is 28.2 Å². The van der Waals surface area contributed by atoms with Crippen molar-refractivity contribution in [1.29, 1.82) is 5.26 Å². The van der Waals surface area contributed by atoms with E-state index in [9.17, 15) is 19.2 Å². The van der Waals surface area contributed by atoms with Gasteiger partial charge in [-0.15, -0.1) is 0 Å². The van der Waals surface area contributed by atoms with Crippen molar-refractivity contribution >= 4 is 17.9 Å². The lowest BCUT2D eigenvalue weighted by Gasteiger charge is -2.27. The van der Waals surface area contributed by atoms with E-state index in [2.05, 4.69) is 0 Å². The number of benzene rings is 3. The zero-order chi connectivity index (χ0) is 27.9. The van der Waals surface area contributed by atoms with E-state index in [1.54, 1.807) is 68.6 Å². The molecule has 4 rings (SSSR count). The minimum absolute atomic E-state index is 0.0626. The maximum Gasteiger partial charge on any atom is 0.271 e. The van der Waals surface area contributed by atoms with Crippen LogP contribution in [0.25, 0.3) is 6.08 Å². The van der Waals surface area contributed by atoms with E-state index in [1.165, 1.54) is 19.2 Å². The Hall–Kier alpha value is -4.90. The van der Waals surface area contributed by atoms with Crippen LogP contribution in [0.15, 0.2) is 83.4 Å². The van der Waals surface area contributed by atoms with E-state index in [1.807, 2.05) is 12.1 Å². The molecule has 0 saturated heterocycles. The smallest absolute Gasteiger partial charge is 0.271 e. The number of nitrogens with zero attached hydrogens (tertiary/aromatic N) is 2. The summed E-state index contributed by atoms with van der Waals surface area (Å²) in [5.74, 6) is 0.349. The lowest BCUT2D eigenvalue weighted by Crippen LogP contribution is -2.43. The third-order valence-corrected chi connectivity index (χ3v) is 6.41. The summed E-state index contributed by atoms with van der Waals surface area (Å²) in [7, 11) is 3.08. The van der Waals surface area contributed by atoms with E-state index in [4.69, 9.17) is 14.2 Å². The summed E-state index contributed by atoms with van der Waals surface area (Å²) >= 11 is 0. The Labute approximate surface area is 226 Å². The second kappa shape index (κ2) is 12.1. The standard InChI is InChI=1S/C31H27FN2O5/c1-20-26(16-21-6-11-25(12-7-21)39-19-23-4-9-24(32)10-5-23)30(35)34(31(36)27(20)18-33)15-14-22-8-13-28(37-2)29(17-22)38-3/h4-13,16-17H,14-15,19H2,1-3H3/b26-16+. The Morgan fingerprint density at radius 2 is 1.56 bits per heavy atom. The molecule has 198 valence electrons. The summed E-state index contributed by atoms with van der Waals surface area (Å²) in [5.41, 5.74) is 2.94. The van der Waals surface area contributed by atoms with E-state index < -0.39 is 11.8 Å². The fraction of sp³-hybridized carbons (Fsp3) is 0.194. The van der Waals surface area contributed by atoms with Gasteiger partial charge in [-0.3, -0.25) is 14.5 Å². The van der Waals surface area contributed by atoms with Gasteiger partial charge in [-0.25, -0.2) is 4.39 Å². The highest BCUT2D eigenvalue weighted by Crippen LogP contribution is 2.30. The van der Waals surface area contributed by atoms with Crippen LogP contribution < -0.4 is 14.2 Å². The summed E-state index contributed by atoms with van der Waals surface area (Å²) in [6, 6.07) is 20.5. The monoisotopic (exact) mass is 526 g/mol. The number of methoxy groups -OCH3 is 2. The van der Waals surface area contributed by atoms with Gasteiger partial charge in [-0.2, -0.15) is 5.26 Å². The molecule has 3 aromatic rings. The van der Waals surface area contributed by atoms with Crippen molar-refractivity contribution in [3.05, 3.63) is 106 Å². The van der Waals surface area contributed by atoms with Crippen LogP contribution in [0.2, 0.25) is 0 Å². The Kier molecular flexibility index (Phi) is 8.42. The maximum absolute atomic E-state index is 13.4. The van der Waals surface area contributed by atoms with Crippen LogP contribution in [0.3, 0.4) is 0 Å². The molecular weight excluding hydrogens is 499 g/mol. The first kappa shape index (κ1) is 27.1. The van der Waals surface area contributed by atoms with Crippen LogP contribution in [0.1, 0.15) is 23.6 Å². The van der Waals surface area contributed by atoms with Crippen molar-refractivity contribution in [2.24, 2.45) is 0 Å². The first-order valence-corrected chi connectivity index (χ1v) is 12.2. The lowest BCUT2D eigenvalue weighted by molar-refractivity contribution is -0.140. The zero-order valence-electron chi connectivity index (χ0n) is 21.9. The molecule has 0 atom stereocenters. The molecule has 1 aliphatic heterocycles. The molecule has 3 aromatic carbocycles. The summed E-state index contributed by atoms with van der Waals surface area (Å²) in [5, 5.41) is 9.67. The second-order valence-electron chi connectivity index (χ2n) is 8.86. The number of halogens is 1. The third-order valence-electron chi connectivity index (χ3n) is 6.41. The van der Waals surface area contributed by atoms with Gasteiger partial charge < -0.3 is 14.2 Å². The van der Waals surface area contributed by atoms with E-state index in [0.717, 1.165) is 16.0 Å². The fourth-order valence-electron chi connectivity index (χ4n) is 4.18. The predicted octanol–water partition coefficient (Wildman–Crippen LogP) is 5.26. The largest absolute Gasteiger partial charge is 0.493 e. The van der Waals surface area contributed by atoms with Crippen molar-refractivity contribution in [2.45, 2.75) is 20.0 Å². The summed E-state index contributed by atoms with van der Waals surface area (Å²) in [4.78, 5) is 27.5. The SMILES string of the molecule is COc1ccc(CCN2C(=O)C(C#N)=C(C)/C(=C\c3ccc(OCc4ccc(F)cc4)cc3)C2=O)cc1OC. The molecule has 1 heterocycles. The molecule has 0 aliphatic carbocycles. The average molecular weight is 527 g/mol. The Morgan fingerprint density at radius 1 is 0.897 bits per heavy atom. The van der Waals surface area contributed by atoms with E-state index >= 15 is 0 Å². The molecular formula is C31H27FN2O5. The number of ether oxygens (including phenoxy) is 3. The number of amides is 2. The zero-order valence-corrected chi connectivity index (χ0v) is 21.9. The molecule has 0 spiro atoms. The van der Waals surface area contributed by atoms with Gasteiger partial charge in [0.15, 0.2) is 11.5 Å². The van der Waals surface area contributed by atoms with Crippen LogP contribution in [0.4, 0.5) is 4.39 Å². The Balaban J connectivity index is 1.51. The molecule has 1 aliphatic rings. The van der Waals surface area contributed by atoms with Crippen LogP contribution >= 0.6 is 0 Å². The molecule has 0 radical (unpaired) electrons. The minimum atomic E-state index is -0.609. The van der Waals surface area contributed by atoms with Gasteiger partial charge in [0.25, 0.3) is 11.8 Å². The molecule has 0 unspecified atom stereocenters. The summed E-state index contributed by atoms with van der Waals surface area (Å²) in [6.45, 7) is 1.98. The van der Waals surface area contributed by atoms with Crippen LogP contribution in [0, 0.1) is 17.1 Å². The van der Waals surface area contributed by atoms with Crippen LogP contribution in [0.5, 0.6) is 17.2 Å². The first-order chi connectivity index (χ1) is 18.8. The molecule has 0 bridgehead atoms. The van der Waals surface area contributed by atoms with Crippen molar-refractivity contribution in [3.63, 3.8) is 0 Å². The summed E-state index contributed by atoms with van der Waals surface area (Å²) in [6.07, 6.45) is 2.04. The van der Waals surface area contributed by atoms with Gasteiger partial charge in [-0.1, -0.05) is 30.3 Å². The van der Waals surface area contributed by atoms with E-state index in [-0.39, 0.29) is 30.1 Å². The molecule has 0 aromatic heterocycles. The number of nitriles is 1. The number of carbonyl (C=O) groups excluding carboxylic acids is 2. The molecule has 7 nitrogen and oxygen atoms in total. The predicted molar refractivity (Wildman–Crippen MR) is 143 cm³/mol. The Bertz CT molecular complexity index is 1480. The third kappa shape index (κ3) is 6.16. The van der Waals surface area contributed by atoms with Crippen LogP contribution in [-0.4, -0.2) is 37.5 Å². The van der Waals surface area contributed by atoms with E-state index in [0.29, 0.717) is 34.8 Å². The number of rotatable bonds is 9. The van der Waals surface area contributed by atoms with Crippen molar-refractivity contribution in [2.75, 3.05) is 20.8 Å². The molecule has 0 fully saturated rings. The molecule has 0 N–H and O–H groups in total. The highest BCUT2D eigenvalue weighted by atomic mass is 19.1. The number of imide groups is 1. The fourth-order valence-corrected chi connectivity index (χ4v) is 4.18. The highest BCUT2D eigenvalue weighted by molar-refractivity contribution is 6.19. The van der Waals surface area contributed by atoms with Crippen molar-refractivity contribution in [1.82, 2.24) is 4.90 Å². The molecule has 39 heavy (non-hydrogen) atoms. The first-order valence-electron chi connectivity index (χ1n) is 12.2. The number of hydrogen-bond acceptors (Lipinski definition) is 6. The van der Waals surface area contributed by atoms with Crippen LogP contribution in [-0.2, 0) is 22.6 Å². The normalized spacial score (nSPS) is 14.4. The lowest BCUT2D eigenvalue weighted by atomic mass is 9.93. The van der Waals surface area contributed by atoms with Gasteiger partial charge in [0, 0.05) is 12.1 Å². The summed E-state index contributed by atoms with van der Waals surface area (Å²) < 4.78 is 29.4. The number of hydrogen-bond donors (Lipinski definition) is 0. The Morgan fingerprint density at radius 3 is 2.21 bits per heavy atom. The molecule has 8 heteroatoms. The van der Waals surface area contributed by atoms with Crippen molar-refractivity contribution in [3.8, 4) is 23.3 Å². The molecule has 0 saturated carbocycles. The van der Waals surface area contributed by atoms with Gasteiger partial charge in [0.1, 0.15) is 29.8 Å². The quantitative estimate of drug-likeness (QED) is 0.279. The maximum atomic E-state index is 13.4. The second-order valence-corrected chi connectivity index (χ2v) is 8.86. The van der Waals surface area contributed by atoms with Gasteiger partial charge in [0.05, 0.1) is 14.2 Å². The van der Waals surface area contributed by atoms with Gasteiger partial charge in [0.2, 0.25) is 0 Å². The minimum Gasteiger partial charge on any atom is -0.493 e. The van der Waals surface area contributed by atoms with Gasteiger partial charge >= 0.3 is 0 Å². The topological polar surface area (TPSA) is 88.9 Å². The number of carbonyl (C=O) groups is 2. The molecule has 2 amide bonds. The van der Waals surface area contributed by atoms with Gasteiger partial charge in [-0.05, 0) is 78.1 Å².